The van der Waals surface area contributed by atoms with Crippen LogP contribution in [0.5, 0.6) is 0 Å². The third-order valence-corrected chi connectivity index (χ3v) is 4.04. The summed E-state index contributed by atoms with van der Waals surface area (Å²) in [4.78, 5) is 12.0. The lowest BCUT2D eigenvalue weighted by Crippen LogP contribution is -2.22. The summed E-state index contributed by atoms with van der Waals surface area (Å²) in [5.41, 5.74) is 2.31. The zero-order chi connectivity index (χ0) is 16.6. The molecule has 2 aromatic carbocycles. The Labute approximate surface area is 145 Å². The number of anilines is 2. The van der Waals surface area contributed by atoms with E-state index in [4.69, 9.17) is 0 Å². The van der Waals surface area contributed by atoms with Gasteiger partial charge in [0.2, 0.25) is 0 Å². The van der Waals surface area contributed by atoms with E-state index in [0.717, 1.165) is 24.2 Å². The largest absolute Gasteiger partial charge is 0.368 e. The molecule has 0 atom stereocenters. The number of tetrazole rings is 1. The Morgan fingerprint density at radius 1 is 1.13 bits per heavy atom. The van der Waals surface area contributed by atoms with Crippen molar-refractivity contribution in [1.82, 2.24) is 19.8 Å². The average Bonchev–Trinajstić information content (AvgIpc) is 2.82. The number of aromatic nitrogens is 4. The van der Waals surface area contributed by atoms with Crippen molar-refractivity contribution in [3.63, 3.8) is 0 Å². The lowest BCUT2D eigenvalue weighted by molar-refractivity contribution is 0.627. The zero-order valence-electron chi connectivity index (χ0n) is 12.4. The minimum absolute atomic E-state index is 0.404. The number of hydrogen-bond donors (Lipinski definition) is 1. The van der Waals surface area contributed by atoms with Gasteiger partial charge in [-0.3, -0.25) is 0 Å². The summed E-state index contributed by atoms with van der Waals surface area (Å²) in [6.07, 6.45) is 0. The van der Waals surface area contributed by atoms with Crippen LogP contribution in [-0.4, -0.2) is 19.8 Å². The van der Waals surface area contributed by atoms with Crippen molar-refractivity contribution >= 4 is 34.0 Å². The van der Waals surface area contributed by atoms with Gasteiger partial charge in [-0.05, 0) is 81.9 Å². The maximum atomic E-state index is 13.7. The number of rotatable bonds is 3. The Morgan fingerprint density at radius 3 is 2.57 bits per heavy atom. The summed E-state index contributed by atoms with van der Waals surface area (Å²) >= 11 is 2.23. The van der Waals surface area contributed by atoms with E-state index in [2.05, 4.69) is 38.3 Å². The highest BCUT2D eigenvalue weighted by atomic mass is 127. The van der Waals surface area contributed by atoms with E-state index in [1.165, 1.54) is 25.2 Å². The second-order valence-corrected chi connectivity index (χ2v) is 6.29. The maximum absolute atomic E-state index is 13.7. The molecule has 3 aromatic rings. The van der Waals surface area contributed by atoms with E-state index in [1.807, 2.05) is 25.1 Å². The fraction of sp³-hybridized carbons (Fsp3) is 0.133. The number of hydrogen-bond acceptors (Lipinski definition) is 4. The second-order valence-electron chi connectivity index (χ2n) is 5.04. The molecule has 6 nitrogen and oxygen atoms in total. The van der Waals surface area contributed by atoms with Crippen LogP contribution in [0.3, 0.4) is 0 Å². The highest BCUT2D eigenvalue weighted by Crippen LogP contribution is 2.27. The molecule has 1 N–H and O–H groups in total. The predicted octanol–water partition coefficient (Wildman–Crippen LogP) is 2.76. The first-order valence-electron chi connectivity index (χ1n) is 6.78. The summed E-state index contributed by atoms with van der Waals surface area (Å²) in [7, 11) is 1.51. The van der Waals surface area contributed by atoms with E-state index in [0.29, 0.717) is 11.4 Å². The minimum Gasteiger partial charge on any atom is -0.353 e. The third-order valence-electron chi connectivity index (χ3n) is 3.37. The van der Waals surface area contributed by atoms with Crippen molar-refractivity contribution in [2.45, 2.75) is 6.92 Å². The van der Waals surface area contributed by atoms with Gasteiger partial charge >= 0.3 is 5.69 Å². The Kier molecular flexibility index (Phi) is 4.16. The van der Waals surface area contributed by atoms with Gasteiger partial charge in [0.15, 0.2) is 0 Å². The van der Waals surface area contributed by atoms with Crippen LogP contribution in [-0.2, 0) is 7.05 Å². The highest BCUT2D eigenvalue weighted by Gasteiger charge is 2.13. The van der Waals surface area contributed by atoms with E-state index in [-0.39, 0.29) is 0 Å². The minimum atomic E-state index is -0.406. The topological polar surface area (TPSA) is 64.7 Å². The van der Waals surface area contributed by atoms with Gasteiger partial charge in [-0.25, -0.2) is 9.18 Å². The van der Waals surface area contributed by atoms with Gasteiger partial charge in [0.05, 0.1) is 11.4 Å². The molecule has 0 spiro atoms. The molecule has 3 rings (SSSR count). The van der Waals surface area contributed by atoms with Gasteiger partial charge in [-0.15, -0.1) is 0 Å². The summed E-state index contributed by atoms with van der Waals surface area (Å²) in [6.45, 7) is 1.96. The van der Waals surface area contributed by atoms with E-state index in [1.54, 1.807) is 0 Å². The van der Waals surface area contributed by atoms with Crippen LogP contribution in [0, 0.1) is 16.3 Å². The van der Waals surface area contributed by atoms with Crippen LogP contribution in [0.1, 0.15) is 5.56 Å². The van der Waals surface area contributed by atoms with Gasteiger partial charge in [0.25, 0.3) is 0 Å². The van der Waals surface area contributed by atoms with Crippen molar-refractivity contribution < 1.29 is 4.39 Å². The van der Waals surface area contributed by atoms with Crippen LogP contribution in [0.4, 0.5) is 15.8 Å². The van der Waals surface area contributed by atoms with E-state index >= 15 is 0 Å². The van der Waals surface area contributed by atoms with Crippen molar-refractivity contribution in [3.05, 3.63) is 61.8 Å². The van der Waals surface area contributed by atoms with Crippen molar-refractivity contribution in [1.29, 1.82) is 0 Å². The maximum Gasteiger partial charge on any atom is 0.368 e. The van der Waals surface area contributed by atoms with Crippen LogP contribution >= 0.6 is 22.6 Å². The Morgan fingerprint density at radius 2 is 1.91 bits per heavy atom. The molecule has 8 heteroatoms. The van der Waals surface area contributed by atoms with Crippen LogP contribution in [0.25, 0.3) is 5.69 Å². The van der Waals surface area contributed by atoms with E-state index in [9.17, 15) is 9.18 Å². The van der Waals surface area contributed by atoms with Gasteiger partial charge in [0, 0.05) is 16.3 Å². The first kappa shape index (κ1) is 15.7. The van der Waals surface area contributed by atoms with Gasteiger partial charge in [-0.2, -0.15) is 9.36 Å². The molecule has 0 bridgehead atoms. The summed E-state index contributed by atoms with van der Waals surface area (Å²) in [6, 6.07) is 9.97. The molecule has 0 radical (unpaired) electrons. The van der Waals surface area contributed by atoms with Crippen molar-refractivity contribution in [3.8, 4) is 5.69 Å². The molecule has 1 heterocycles. The van der Waals surface area contributed by atoms with Gasteiger partial charge < -0.3 is 5.32 Å². The number of benzene rings is 2. The van der Waals surface area contributed by atoms with E-state index < -0.39 is 11.5 Å². The van der Waals surface area contributed by atoms with Crippen molar-refractivity contribution in [2.75, 3.05) is 5.32 Å². The first-order chi connectivity index (χ1) is 11.0. The second kappa shape index (κ2) is 6.11. The molecular formula is C15H13FIN5O. The smallest absolute Gasteiger partial charge is 0.353 e. The number of aryl methyl sites for hydroxylation is 2. The van der Waals surface area contributed by atoms with Crippen molar-refractivity contribution in [2.24, 2.45) is 7.05 Å². The fourth-order valence-electron chi connectivity index (χ4n) is 2.17. The van der Waals surface area contributed by atoms with Crippen LogP contribution in [0.15, 0.2) is 41.2 Å². The summed E-state index contributed by atoms with van der Waals surface area (Å²) < 4.78 is 17.0. The molecule has 0 aliphatic heterocycles. The number of nitrogens with zero attached hydrogens (tertiary/aromatic N) is 4. The monoisotopic (exact) mass is 425 g/mol. The molecule has 0 aliphatic rings. The third kappa shape index (κ3) is 3.11. The normalized spacial score (nSPS) is 10.8. The Bertz CT molecular complexity index is 934. The molecule has 0 unspecified atom stereocenters. The molecule has 23 heavy (non-hydrogen) atoms. The summed E-state index contributed by atoms with van der Waals surface area (Å²) in [5.74, 6) is -0.406. The Balaban J connectivity index is 2.10. The predicted molar refractivity (Wildman–Crippen MR) is 93.7 cm³/mol. The molecule has 0 fully saturated rings. The lowest BCUT2D eigenvalue weighted by atomic mass is 10.2. The molecule has 0 saturated carbocycles. The van der Waals surface area contributed by atoms with Crippen LogP contribution < -0.4 is 11.0 Å². The highest BCUT2D eigenvalue weighted by molar-refractivity contribution is 14.1. The number of nitrogens with one attached hydrogen (secondary N) is 1. The molecule has 1 aromatic heterocycles. The Hall–Kier alpha value is -2.23. The molecule has 0 saturated heterocycles. The van der Waals surface area contributed by atoms with Gasteiger partial charge in [0.1, 0.15) is 5.82 Å². The quantitative estimate of drug-likeness (QED) is 0.656. The summed E-state index contributed by atoms with van der Waals surface area (Å²) in [5, 5.41) is 10.7. The molecule has 0 amide bonds. The average molecular weight is 425 g/mol. The zero-order valence-corrected chi connectivity index (χ0v) is 14.6. The van der Waals surface area contributed by atoms with Gasteiger partial charge in [-0.1, -0.05) is 0 Å². The first-order valence-corrected chi connectivity index (χ1v) is 7.85. The standard InChI is InChI=1S/C15H13FIN5O/c1-9-7-11(17)4-5-12(9)18-13-8-10(16)3-6-14(13)22-15(23)21(2)19-20-22/h3-8,18H,1-2H3. The lowest BCUT2D eigenvalue weighted by Gasteiger charge is -2.13. The molecule has 0 aliphatic carbocycles. The fourth-order valence-corrected chi connectivity index (χ4v) is 2.82. The molecule has 118 valence electrons. The SMILES string of the molecule is Cc1cc(I)ccc1Nc1cc(F)ccc1-n1nnn(C)c1=O. The molecular weight excluding hydrogens is 412 g/mol. The van der Waals surface area contributed by atoms with Crippen LogP contribution in [0.2, 0.25) is 0 Å². The number of halogens is 2.